The minimum absolute atomic E-state index is 0.499. The van der Waals surface area contributed by atoms with Gasteiger partial charge in [-0.3, -0.25) is 0 Å². The van der Waals surface area contributed by atoms with E-state index in [4.69, 9.17) is 5.73 Å². The molecule has 1 nitrogen and oxygen atoms in total. The van der Waals surface area contributed by atoms with Gasteiger partial charge in [0.15, 0.2) is 0 Å². The lowest BCUT2D eigenvalue weighted by Crippen LogP contribution is -2.30. The Morgan fingerprint density at radius 3 is 2.27 bits per heavy atom. The fourth-order valence-corrected chi connectivity index (χ4v) is 3.96. The van der Waals surface area contributed by atoms with Gasteiger partial charge in [0.05, 0.1) is 0 Å². The molecule has 15 heavy (non-hydrogen) atoms. The van der Waals surface area contributed by atoms with Gasteiger partial charge in [0.25, 0.3) is 0 Å². The molecular weight excluding hydrogens is 182 g/mol. The van der Waals surface area contributed by atoms with Crippen molar-refractivity contribution in [2.75, 3.05) is 0 Å². The number of rotatable bonds is 2. The molecule has 1 heteroatoms. The predicted octanol–water partition coefficient (Wildman–Crippen LogP) is 3.72. The lowest BCUT2D eigenvalue weighted by molar-refractivity contribution is 0.118. The molecule has 2 unspecified atom stereocenters. The topological polar surface area (TPSA) is 26.0 Å². The van der Waals surface area contributed by atoms with Crippen molar-refractivity contribution in [2.45, 2.75) is 71.3 Å². The summed E-state index contributed by atoms with van der Waals surface area (Å²) in [4.78, 5) is 0. The van der Waals surface area contributed by atoms with Crippen molar-refractivity contribution in [3.05, 3.63) is 0 Å². The quantitative estimate of drug-likeness (QED) is 0.737. The molecule has 0 amide bonds. The van der Waals surface area contributed by atoms with Crippen LogP contribution in [0.2, 0.25) is 0 Å². The highest BCUT2D eigenvalue weighted by Gasteiger charge is 2.41. The van der Waals surface area contributed by atoms with Gasteiger partial charge in [0.1, 0.15) is 0 Å². The first-order valence-electron chi connectivity index (χ1n) is 6.89. The van der Waals surface area contributed by atoms with Gasteiger partial charge >= 0.3 is 0 Å². The fraction of sp³-hybridized carbons (Fsp3) is 1.00. The Morgan fingerprint density at radius 2 is 1.80 bits per heavy atom. The van der Waals surface area contributed by atoms with E-state index in [1.807, 2.05) is 0 Å². The molecule has 2 N–H and O–H groups in total. The van der Waals surface area contributed by atoms with Gasteiger partial charge in [-0.05, 0) is 49.4 Å². The Labute approximate surface area is 94.8 Å². The zero-order chi connectivity index (χ0) is 10.9. The van der Waals surface area contributed by atoms with Crippen LogP contribution in [0.25, 0.3) is 0 Å². The lowest BCUT2D eigenvalue weighted by Gasteiger charge is -2.39. The molecule has 2 saturated carbocycles. The first-order chi connectivity index (χ1) is 7.14. The monoisotopic (exact) mass is 209 g/mol. The van der Waals surface area contributed by atoms with Crippen molar-refractivity contribution in [1.29, 1.82) is 0 Å². The first kappa shape index (κ1) is 11.4. The molecule has 0 spiro atoms. The van der Waals surface area contributed by atoms with Crippen molar-refractivity contribution in [3.8, 4) is 0 Å². The molecule has 2 atom stereocenters. The average Bonchev–Trinajstić information content (AvgIpc) is 2.60. The summed E-state index contributed by atoms with van der Waals surface area (Å²) in [6.45, 7) is 4.84. The maximum absolute atomic E-state index is 6.07. The summed E-state index contributed by atoms with van der Waals surface area (Å²) in [6, 6.07) is 0.499. The Bertz CT molecular complexity index is 205. The molecule has 0 radical (unpaired) electrons. The average molecular weight is 209 g/mol. The van der Waals surface area contributed by atoms with Gasteiger partial charge in [-0.2, -0.15) is 0 Å². The van der Waals surface area contributed by atoms with E-state index in [2.05, 4.69) is 13.8 Å². The van der Waals surface area contributed by atoms with Crippen molar-refractivity contribution >= 4 is 0 Å². The Morgan fingerprint density at radius 1 is 1.13 bits per heavy atom. The Balaban J connectivity index is 1.90. The lowest BCUT2D eigenvalue weighted by atomic mass is 9.66. The Hall–Kier alpha value is -0.0400. The SMILES string of the molecule is CCC1CCC(C2(C)CCC(N)C2)CC1. The summed E-state index contributed by atoms with van der Waals surface area (Å²) < 4.78 is 0. The Kier molecular flexibility index (Phi) is 3.39. The van der Waals surface area contributed by atoms with Gasteiger partial charge in [0, 0.05) is 6.04 Å². The van der Waals surface area contributed by atoms with Gasteiger partial charge in [-0.1, -0.05) is 33.1 Å². The summed E-state index contributed by atoms with van der Waals surface area (Å²) >= 11 is 0. The van der Waals surface area contributed by atoms with Gasteiger partial charge in [-0.15, -0.1) is 0 Å². The molecule has 2 rings (SSSR count). The van der Waals surface area contributed by atoms with Gasteiger partial charge in [-0.25, -0.2) is 0 Å². The van der Waals surface area contributed by atoms with Crippen LogP contribution in [-0.4, -0.2) is 6.04 Å². The maximum Gasteiger partial charge on any atom is 0.00443 e. The summed E-state index contributed by atoms with van der Waals surface area (Å²) in [6.07, 6.45) is 11.2. The third-order valence-corrected chi connectivity index (χ3v) is 5.22. The van der Waals surface area contributed by atoms with Crippen molar-refractivity contribution in [3.63, 3.8) is 0 Å². The van der Waals surface area contributed by atoms with Crippen LogP contribution in [-0.2, 0) is 0 Å². The van der Waals surface area contributed by atoms with E-state index < -0.39 is 0 Å². The van der Waals surface area contributed by atoms with E-state index in [9.17, 15) is 0 Å². The molecule has 0 heterocycles. The van der Waals surface area contributed by atoms with Crippen LogP contribution in [0.4, 0.5) is 0 Å². The van der Waals surface area contributed by atoms with Crippen molar-refractivity contribution in [1.82, 2.24) is 0 Å². The zero-order valence-corrected chi connectivity index (χ0v) is 10.5. The van der Waals surface area contributed by atoms with Crippen LogP contribution >= 0.6 is 0 Å². The molecule has 0 aliphatic heterocycles. The van der Waals surface area contributed by atoms with Crippen LogP contribution in [0.3, 0.4) is 0 Å². The molecular formula is C14H27N. The molecule has 0 aromatic carbocycles. The van der Waals surface area contributed by atoms with Crippen LogP contribution in [0.1, 0.15) is 65.2 Å². The van der Waals surface area contributed by atoms with E-state index in [0.717, 1.165) is 11.8 Å². The first-order valence-corrected chi connectivity index (χ1v) is 6.89. The van der Waals surface area contributed by atoms with Crippen LogP contribution < -0.4 is 5.73 Å². The molecule has 2 aliphatic rings. The highest BCUT2D eigenvalue weighted by molar-refractivity contribution is 4.93. The largest absolute Gasteiger partial charge is 0.328 e. The van der Waals surface area contributed by atoms with Crippen LogP contribution in [0.15, 0.2) is 0 Å². The van der Waals surface area contributed by atoms with E-state index in [1.165, 1.54) is 51.4 Å². The molecule has 0 aromatic rings. The third kappa shape index (κ3) is 2.38. The van der Waals surface area contributed by atoms with Crippen LogP contribution in [0, 0.1) is 17.3 Å². The van der Waals surface area contributed by atoms with Gasteiger partial charge < -0.3 is 5.73 Å². The summed E-state index contributed by atoms with van der Waals surface area (Å²) in [5.41, 5.74) is 6.67. The van der Waals surface area contributed by atoms with Crippen molar-refractivity contribution in [2.24, 2.45) is 23.0 Å². The normalized spacial score (nSPS) is 47.0. The number of hydrogen-bond donors (Lipinski definition) is 1. The smallest absolute Gasteiger partial charge is 0.00443 e. The number of hydrogen-bond acceptors (Lipinski definition) is 1. The number of nitrogens with two attached hydrogens (primary N) is 1. The third-order valence-electron chi connectivity index (χ3n) is 5.22. The summed E-state index contributed by atoms with van der Waals surface area (Å²) in [5.74, 6) is 2.01. The highest BCUT2D eigenvalue weighted by atomic mass is 14.7. The summed E-state index contributed by atoms with van der Waals surface area (Å²) in [5, 5.41) is 0. The highest BCUT2D eigenvalue weighted by Crippen LogP contribution is 2.49. The molecule has 0 aromatic heterocycles. The maximum atomic E-state index is 6.07. The summed E-state index contributed by atoms with van der Waals surface area (Å²) in [7, 11) is 0. The molecule has 2 aliphatic carbocycles. The molecule has 0 bridgehead atoms. The minimum atomic E-state index is 0.499. The van der Waals surface area contributed by atoms with Gasteiger partial charge in [0.2, 0.25) is 0 Å². The molecule has 2 fully saturated rings. The van der Waals surface area contributed by atoms with E-state index in [1.54, 1.807) is 0 Å². The second-order valence-corrected chi connectivity index (χ2v) is 6.28. The predicted molar refractivity (Wildman–Crippen MR) is 65.7 cm³/mol. The van der Waals surface area contributed by atoms with Crippen LogP contribution in [0.5, 0.6) is 0 Å². The second kappa shape index (κ2) is 4.45. The van der Waals surface area contributed by atoms with Crippen molar-refractivity contribution < 1.29 is 0 Å². The second-order valence-electron chi connectivity index (χ2n) is 6.28. The fourth-order valence-electron chi connectivity index (χ4n) is 3.96. The van der Waals surface area contributed by atoms with E-state index >= 15 is 0 Å². The van der Waals surface area contributed by atoms with E-state index in [0.29, 0.717) is 11.5 Å². The zero-order valence-electron chi connectivity index (χ0n) is 10.5. The van der Waals surface area contributed by atoms with E-state index in [-0.39, 0.29) is 0 Å². The molecule has 0 saturated heterocycles. The molecule has 88 valence electrons. The standard InChI is InChI=1S/C14H27N/c1-3-11-4-6-12(7-5-11)14(2)9-8-13(15)10-14/h11-13H,3-10,15H2,1-2H3. The minimum Gasteiger partial charge on any atom is -0.328 e.